The quantitative estimate of drug-likeness (QED) is 0.627. The van der Waals surface area contributed by atoms with Gasteiger partial charge in [0.2, 0.25) is 0 Å². The van der Waals surface area contributed by atoms with Crippen LogP contribution in [0.2, 0.25) is 0 Å². The van der Waals surface area contributed by atoms with E-state index in [9.17, 15) is 9.59 Å². The van der Waals surface area contributed by atoms with Gasteiger partial charge in [-0.1, -0.05) is 60.7 Å². The molecule has 0 aliphatic rings. The van der Waals surface area contributed by atoms with Crippen molar-refractivity contribution in [3.63, 3.8) is 0 Å². The lowest BCUT2D eigenvalue weighted by Gasteiger charge is -2.08. The minimum Gasteiger partial charge on any atom is -0.456 e. The van der Waals surface area contributed by atoms with Gasteiger partial charge in [0.05, 0.1) is 0 Å². The van der Waals surface area contributed by atoms with Crippen LogP contribution < -0.4 is 0 Å². The Morgan fingerprint density at radius 2 is 1.33 bits per heavy atom. The Kier molecular flexibility index (Phi) is 5.66. The fourth-order valence-corrected chi connectivity index (χ4v) is 2.57. The van der Waals surface area contributed by atoms with Crippen molar-refractivity contribution in [3.05, 3.63) is 89.0 Å². The number of aromatic nitrogens is 2. The molecule has 0 fully saturated rings. The highest BCUT2D eigenvalue weighted by atomic mass is 16.5. The maximum absolute atomic E-state index is 12.6. The summed E-state index contributed by atoms with van der Waals surface area (Å²) in [6.45, 7) is 1.93. The molecule has 0 N–H and O–H groups in total. The molecule has 6 heteroatoms. The zero-order valence-corrected chi connectivity index (χ0v) is 15.2. The van der Waals surface area contributed by atoms with Crippen molar-refractivity contribution in [3.8, 4) is 0 Å². The van der Waals surface area contributed by atoms with Crippen LogP contribution in [0.1, 0.15) is 37.9 Å². The van der Waals surface area contributed by atoms with Gasteiger partial charge >= 0.3 is 11.9 Å². The second-order valence-corrected chi connectivity index (χ2v) is 6.04. The zero-order chi connectivity index (χ0) is 19.2. The van der Waals surface area contributed by atoms with Crippen LogP contribution in [0.3, 0.4) is 0 Å². The Morgan fingerprint density at radius 3 is 1.85 bits per heavy atom. The first kappa shape index (κ1) is 18.4. The third-order valence-corrected chi connectivity index (χ3v) is 4.13. The minimum absolute atomic E-state index is 0.0380. The molecule has 3 rings (SSSR count). The highest BCUT2D eigenvalue weighted by Crippen LogP contribution is 2.15. The van der Waals surface area contributed by atoms with E-state index in [4.69, 9.17) is 9.47 Å². The number of esters is 2. The standard InChI is InChI=1S/C21H20N2O4/c1-15-22-18(20(24)26-13-16-9-5-3-6-10-16)19(23(15)2)21(25)27-14-17-11-7-4-8-12-17/h3-12H,13-14H2,1-2H3. The second-order valence-electron chi connectivity index (χ2n) is 6.04. The largest absolute Gasteiger partial charge is 0.456 e. The number of aryl methyl sites for hydroxylation is 1. The van der Waals surface area contributed by atoms with Crippen molar-refractivity contribution in [1.82, 2.24) is 9.55 Å². The van der Waals surface area contributed by atoms with Gasteiger partial charge in [0.1, 0.15) is 19.0 Å². The molecule has 0 aliphatic carbocycles. The van der Waals surface area contributed by atoms with Crippen molar-refractivity contribution in [2.45, 2.75) is 20.1 Å². The van der Waals surface area contributed by atoms with Crippen LogP contribution in [0.25, 0.3) is 0 Å². The van der Waals surface area contributed by atoms with E-state index < -0.39 is 11.9 Å². The number of ether oxygens (including phenoxy) is 2. The molecule has 0 amide bonds. The van der Waals surface area contributed by atoms with Crippen LogP contribution in [0.5, 0.6) is 0 Å². The molecule has 0 saturated heterocycles. The summed E-state index contributed by atoms with van der Waals surface area (Å²) in [5, 5.41) is 0. The van der Waals surface area contributed by atoms with E-state index in [1.54, 1.807) is 14.0 Å². The number of hydrogen-bond donors (Lipinski definition) is 0. The molecule has 0 unspecified atom stereocenters. The summed E-state index contributed by atoms with van der Waals surface area (Å²) in [7, 11) is 1.66. The highest BCUT2D eigenvalue weighted by Gasteiger charge is 2.27. The minimum atomic E-state index is -0.658. The summed E-state index contributed by atoms with van der Waals surface area (Å²) in [5.74, 6) is -0.754. The molecule has 1 heterocycles. The molecule has 0 bridgehead atoms. The van der Waals surface area contributed by atoms with E-state index in [0.717, 1.165) is 11.1 Å². The van der Waals surface area contributed by atoms with Crippen LogP contribution in [-0.4, -0.2) is 21.5 Å². The molecule has 2 aromatic carbocycles. The second kappa shape index (κ2) is 8.31. The van der Waals surface area contributed by atoms with E-state index in [0.29, 0.717) is 5.82 Å². The van der Waals surface area contributed by atoms with E-state index >= 15 is 0 Å². The van der Waals surface area contributed by atoms with Crippen LogP contribution >= 0.6 is 0 Å². The number of imidazole rings is 1. The summed E-state index contributed by atoms with van der Waals surface area (Å²) >= 11 is 0. The molecule has 0 atom stereocenters. The Labute approximate surface area is 157 Å². The van der Waals surface area contributed by atoms with Crippen LogP contribution in [0.4, 0.5) is 0 Å². The number of benzene rings is 2. The van der Waals surface area contributed by atoms with E-state index in [2.05, 4.69) is 4.98 Å². The van der Waals surface area contributed by atoms with E-state index in [1.807, 2.05) is 60.7 Å². The fraction of sp³-hybridized carbons (Fsp3) is 0.190. The van der Waals surface area contributed by atoms with Crippen LogP contribution in [0, 0.1) is 6.92 Å². The molecule has 1 aromatic heterocycles. The van der Waals surface area contributed by atoms with Gasteiger partial charge in [-0.15, -0.1) is 0 Å². The van der Waals surface area contributed by atoms with Gasteiger partial charge in [0, 0.05) is 7.05 Å². The maximum Gasteiger partial charge on any atom is 0.359 e. The predicted octanol–water partition coefficient (Wildman–Crippen LogP) is 3.44. The predicted molar refractivity (Wildman–Crippen MR) is 99.1 cm³/mol. The monoisotopic (exact) mass is 364 g/mol. The third kappa shape index (κ3) is 4.41. The Hall–Kier alpha value is -3.41. The SMILES string of the molecule is Cc1nc(C(=O)OCc2ccccc2)c(C(=O)OCc2ccccc2)n1C. The van der Waals surface area contributed by atoms with E-state index in [1.165, 1.54) is 4.57 Å². The molecule has 0 aliphatic heterocycles. The van der Waals surface area contributed by atoms with E-state index in [-0.39, 0.29) is 24.6 Å². The van der Waals surface area contributed by atoms with Crippen LogP contribution in [-0.2, 0) is 29.7 Å². The van der Waals surface area contributed by atoms with Gasteiger partial charge in [-0.2, -0.15) is 0 Å². The highest BCUT2D eigenvalue weighted by molar-refractivity contribution is 6.00. The van der Waals surface area contributed by atoms with Gasteiger partial charge in [-0.3, -0.25) is 0 Å². The Bertz CT molecular complexity index is 934. The molecule has 3 aromatic rings. The van der Waals surface area contributed by atoms with Gasteiger partial charge < -0.3 is 14.0 Å². The summed E-state index contributed by atoms with van der Waals surface area (Å²) in [6.07, 6.45) is 0. The Morgan fingerprint density at radius 1 is 0.852 bits per heavy atom. The van der Waals surface area contributed by atoms with Gasteiger partial charge in [0.25, 0.3) is 0 Å². The smallest absolute Gasteiger partial charge is 0.359 e. The van der Waals surface area contributed by atoms with Crippen molar-refractivity contribution in [1.29, 1.82) is 0 Å². The summed E-state index contributed by atoms with van der Waals surface area (Å²) in [6, 6.07) is 18.6. The molecular formula is C21H20N2O4. The maximum atomic E-state index is 12.6. The lowest BCUT2D eigenvalue weighted by atomic mass is 10.2. The van der Waals surface area contributed by atoms with Gasteiger partial charge in [-0.25, -0.2) is 14.6 Å². The summed E-state index contributed by atoms with van der Waals surface area (Å²) < 4.78 is 12.2. The molecular weight excluding hydrogens is 344 g/mol. The molecule has 0 saturated carbocycles. The Balaban J connectivity index is 1.73. The lowest BCUT2D eigenvalue weighted by molar-refractivity contribution is 0.0414. The molecule has 6 nitrogen and oxygen atoms in total. The van der Waals surface area contributed by atoms with Crippen molar-refractivity contribution in [2.24, 2.45) is 7.05 Å². The lowest BCUT2D eigenvalue weighted by Crippen LogP contribution is -2.16. The number of rotatable bonds is 6. The third-order valence-electron chi connectivity index (χ3n) is 4.13. The number of hydrogen-bond acceptors (Lipinski definition) is 5. The summed E-state index contributed by atoms with van der Waals surface area (Å²) in [4.78, 5) is 29.2. The number of carbonyl (C=O) groups excluding carboxylic acids is 2. The van der Waals surface area contributed by atoms with Crippen molar-refractivity contribution >= 4 is 11.9 Å². The average molecular weight is 364 g/mol. The van der Waals surface area contributed by atoms with Crippen LogP contribution in [0.15, 0.2) is 60.7 Å². The summed E-state index contributed by atoms with van der Waals surface area (Å²) in [5.41, 5.74) is 1.76. The number of carbonyl (C=O) groups is 2. The normalized spacial score (nSPS) is 10.4. The fourth-order valence-electron chi connectivity index (χ4n) is 2.57. The molecule has 27 heavy (non-hydrogen) atoms. The first-order valence-corrected chi connectivity index (χ1v) is 8.51. The first-order chi connectivity index (χ1) is 13.1. The zero-order valence-electron chi connectivity index (χ0n) is 15.2. The van der Waals surface area contributed by atoms with Crippen molar-refractivity contribution in [2.75, 3.05) is 0 Å². The molecule has 138 valence electrons. The van der Waals surface area contributed by atoms with Gasteiger partial charge in [-0.05, 0) is 18.1 Å². The van der Waals surface area contributed by atoms with Gasteiger partial charge in [0.15, 0.2) is 11.4 Å². The average Bonchev–Trinajstić information content (AvgIpc) is 3.00. The number of nitrogens with zero attached hydrogens (tertiary/aromatic N) is 2. The molecule has 0 spiro atoms. The first-order valence-electron chi connectivity index (χ1n) is 8.51. The molecule has 0 radical (unpaired) electrons. The topological polar surface area (TPSA) is 70.4 Å². The van der Waals surface area contributed by atoms with Crippen molar-refractivity contribution < 1.29 is 19.1 Å².